The number of nitrogens with one attached hydrogen (secondary N) is 1. The molecule has 0 aliphatic carbocycles. The first kappa shape index (κ1) is 26.9. The molecule has 2 rings (SSSR count). The highest BCUT2D eigenvalue weighted by Gasteiger charge is 2.34. The molecule has 0 radical (unpaired) electrons. The van der Waals surface area contributed by atoms with E-state index in [9.17, 15) is 14.4 Å². The van der Waals surface area contributed by atoms with Gasteiger partial charge in [-0.1, -0.05) is 15.9 Å². The first-order valence-corrected chi connectivity index (χ1v) is 12.4. The van der Waals surface area contributed by atoms with Gasteiger partial charge in [-0.15, -0.1) is 0 Å². The summed E-state index contributed by atoms with van der Waals surface area (Å²) in [5, 5.41) is 2.69. The molecule has 9 nitrogen and oxygen atoms in total. The molecular weight excluding hydrogens is 492 g/mol. The monoisotopic (exact) mass is 526 g/mol. The van der Waals surface area contributed by atoms with Crippen molar-refractivity contribution in [1.82, 2.24) is 15.2 Å². The van der Waals surface area contributed by atoms with Crippen molar-refractivity contribution in [2.75, 3.05) is 43.0 Å². The highest BCUT2D eigenvalue weighted by molar-refractivity contribution is 9.09. The number of carbonyl (C=O) groups is 3. The van der Waals surface area contributed by atoms with E-state index in [1.165, 1.54) is 4.90 Å². The van der Waals surface area contributed by atoms with Gasteiger partial charge < -0.3 is 24.6 Å². The van der Waals surface area contributed by atoms with Crippen molar-refractivity contribution in [1.29, 1.82) is 0 Å². The fourth-order valence-electron chi connectivity index (χ4n) is 3.74. The van der Waals surface area contributed by atoms with Gasteiger partial charge in [0.25, 0.3) is 0 Å². The summed E-state index contributed by atoms with van der Waals surface area (Å²) in [5.41, 5.74) is 0.459. The molecule has 1 atom stereocenters. The lowest BCUT2D eigenvalue weighted by molar-refractivity contribution is -0.154. The van der Waals surface area contributed by atoms with Crippen LogP contribution in [0, 0.1) is 5.92 Å². The van der Waals surface area contributed by atoms with Crippen molar-refractivity contribution in [2.24, 2.45) is 5.92 Å². The summed E-state index contributed by atoms with van der Waals surface area (Å²) in [4.78, 5) is 45.6. The number of pyridine rings is 1. The van der Waals surface area contributed by atoms with Crippen LogP contribution in [0.5, 0.6) is 0 Å². The minimum Gasteiger partial charge on any atom is -0.464 e. The molecule has 1 N–H and O–H groups in total. The summed E-state index contributed by atoms with van der Waals surface area (Å²) < 4.78 is 10.5. The number of halogens is 1. The van der Waals surface area contributed by atoms with E-state index in [-0.39, 0.29) is 30.3 Å². The van der Waals surface area contributed by atoms with Gasteiger partial charge >= 0.3 is 12.1 Å². The molecule has 0 bridgehead atoms. The van der Waals surface area contributed by atoms with Crippen molar-refractivity contribution >= 4 is 39.6 Å². The zero-order chi connectivity index (χ0) is 24.4. The lowest BCUT2D eigenvalue weighted by Gasteiger charge is -2.38. The Morgan fingerprint density at radius 3 is 2.42 bits per heavy atom. The van der Waals surface area contributed by atoms with E-state index in [0.29, 0.717) is 6.54 Å². The third kappa shape index (κ3) is 8.83. The van der Waals surface area contributed by atoms with Crippen LogP contribution in [0.25, 0.3) is 0 Å². The van der Waals surface area contributed by atoms with E-state index in [0.717, 1.165) is 31.6 Å². The number of piperidine rings is 1. The number of anilines is 1. The van der Waals surface area contributed by atoms with E-state index in [2.05, 4.69) is 31.1 Å². The molecule has 0 aromatic carbocycles. The molecule has 1 aromatic heterocycles. The van der Waals surface area contributed by atoms with Crippen molar-refractivity contribution in [3.8, 4) is 0 Å². The SMILES string of the molecule is CCOC(=O)C(CNC(=O)OC(C)(C)C)N(CC1CCN(c2ccncc2)CC1)C(=O)CBr. The molecule has 1 aliphatic rings. The van der Waals surface area contributed by atoms with Crippen LogP contribution in [0.2, 0.25) is 0 Å². The van der Waals surface area contributed by atoms with Crippen LogP contribution in [0.1, 0.15) is 40.5 Å². The number of hydrogen-bond donors (Lipinski definition) is 1. The van der Waals surface area contributed by atoms with Crippen LogP contribution < -0.4 is 10.2 Å². The fourth-order valence-corrected chi connectivity index (χ4v) is 4.06. The number of ether oxygens (including phenoxy) is 2. The fraction of sp³-hybridized carbons (Fsp3) is 0.652. The van der Waals surface area contributed by atoms with E-state index < -0.39 is 23.7 Å². The van der Waals surface area contributed by atoms with Crippen molar-refractivity contribution in [3.63, 3.8) is 0 Å². The summed E-state index contributed by atoms with van der Waals surface area (Å²) >= 11 is 3.23. The predicted molar refractivity (Wildman–Crippen MR) is 129 cm³/mol. The molecule has 0 saturated carbocycles. The van der Waals surface area contributed by atoms with Crippen LogP contribution in [0.4, 0.5) is 10.5 Å². The van der Waals surface area contributed by atoms with Crippen LogP contribution in [0.3, 0.4) is 0 Å². The van der Waals surface area contributed by atoms with Gasteiger partial charge in [-0.2, -0.15) is 0 Å². The number of esters is 1. The molecule has 0 spiro atoms. The molecule has 2 heterocycles. The Kier molecular flexibility index (Phi) is 10.4. The highest BCUT2D eigenvalue weighted by Crippen LogP contribution is 2.24. The second-order valence-electron chi connectivity index (χ2n) is 8.97. The average molecular weight is 527 g/mol. The number of carbonyl (C=O) groups excluding carboxylic acids is 3. The number of alkyl carbamates (subject to hydrolysis) is 1. The van der Waals surface area contributed by atoms with E-state index in [1.54, 1.807) is 40.1 Å². The molecule has 1 saturated heterocycles. The first-order valence-electron chi connectivity index (χ1n) is 11.3. The summed E-state index contributed by atoms with van der Waals surface area (Å²) in [6.07, 6.45) is 4.67. The van der Waals surface area contributed by atoms with Crippen LogP contribution >= 0.6 is 15.9 Å². The van der Waals surface area contributed by atoms with Gasteiger partial charge in [-0.3, -0.25) is 9.78 Å². The van der Waals surface area contributed by atoms with Crippen molar-refractivity contribution in [2.45, 2.75) is 52.2 Å². The predicted octanol–water partition coefficient (Wildman–Crippen LogP) is 2.98. The first-order chi connectivity index (χ1) is 15.6. The normalized spacial score (nSPS) is 15.5. The number of hydrogen-bond acceptors (Lipinski definition) is 7. The Balaban J connectivity index is 2.07. The quantitative estimate of drug-likeness (QED) is 0.389. The molecule has 1 unspecified atom stereocenters. The van der Waals surface area contributed by atoms with Gasteiger partial charge in [0.05, 0.1) is 18.5 Å². The lowest BCUT2D eigenvalue weighted by Crippen LogP contribution is -2.54. The third-order valence-electron chi connectivity index (χ3n) is 5.31. The van der Waals surface area contributed by atoms with Crippen molar-refractivity contribution in [3.05, 3.63) is 24.5 Å². The van der Waals surface area contributed by atoms with Crippen LogP contribution in [-0.4, -0.2) is 77.6 Å². The topological polar surface area (TPSA) is 101 Å². The van der Waals surface area contributed by atoms with Gasteiger partial charge in [-0.05, 0) is 58.6 Å². The summed E-state index contributed by atoms with van der Waals surface area (Å²) in [7, 11) is 0. The molecule has 1 aliphatic heterocycles. The largest absolute Gasteiger partial charge is 0.464 e. The van der Waals surface area contributed by atoms with Crippen LogP contribution in [-0.2, 0) is 19.1 Å². The number of nitrogens with zero attached hydrogens (tertiary/aromatic N) is 3. The standard InChI is InChI=1S/C23H35BrN4O5/c1-5-32-21(30)19(15-26-22(31)33-23(2,3)4)28(20(29)14-24)16-17-8-12-27(13-9-17)18-6-10-25-11-7-18/h6-7,10-11,17,19H,5,8-9,12-16H2,1-4H3,(H,26,31). The smallest absolute Gasteiger partial charge is 0.407 e. The van der Waals surface area contributed by atoms with E-state index in [4.69, 9.17) is 9.47 Å². The van der Waals surface area contributed by atoms with Gasteiger partial charge in [-0.25, -0.2) is 9.59 Å². The molecule has 33 heavy (non-hydrogen) atoms. The number of alkyl halides is 1. The molecule has 1 aromatic rings. The minimum absolute atomic E-state index is 0.0746. The maximum absolute atomic E-state index is 12.8. The zero-order valence-electron chi connectivity index (χ0n) is 19.9. The number of aromatic nitrogens is 1. The number of amides is 2. The number of rotatable bonds is 9. The summed E-state index contributed by atoms with van der Waals surface area (Å²) in [6.45, 7) is 9.20. The van der Waals surface area contributed by atoms with Gasteiger partial charge in [0.15, 0.2) is 0 Å². The molecule has 1 fully saturated rings. The Morgan fingerprint density at radius 1 is 1.24 bits per heavy atom. The summed E-state index contributed by atoms with van der Waals surface area (Å²) in [5.74, 6) is -0.544. The minimum atomic E-state index is -0.930. The zero-order valence-corrected chi connectivity index (χ0v) is 21.5. The van der Waals surface area contributed by atoms with E-state index >= 15 is 0 Å². The Labute approximate surface area is 204 Å². The Bertz CT molecular complexity index is 779. The highest BCUT2D eigenvalue weighted by atomic mass is 79.9. The molecule has 2 amide bonds. The molecule has 10 heteroatoms. The lowest BCUT2D eigenvalue weighted by atomic mass is 9.95. The van der Waals surface area contributed by atoms with Gasteiger partial charge in [0, 0.05) is 37.7 Å². The van der Waals surface area contributed by atoms with Crippen LogP contribution in [0.15, 0.2) is 24.5 Å². The van der Waals surface area contributed by atoms with E-state index in [1.807, 2.05) is 12.1 Å². The maximum Gasteiger partial charge on any atom is 0.407 e. The van der Waals surface area contributed by atoms with Gasteiger partial charge in [0.2, 0.25) is 5.91 Å². The van der Waals surface area contributed by atoms with Gasteiger partial charge in [0.1, 0.15) is 11.6 Å². The second kappa shape index (κ2) is 12.8. The third-order valence-corrected chi connectivity index (χ3v) is 5.79. The molecule has 184 valence electrons. The van der Waals surface area contributed by atoms with Crippen molar-refractivity contribution < 1.29 is 23.9 Å². The second-order valence-corrected chi connectivity index (χ2v) is 9.53. The average Bonchev–Trinajstić information content (AvgIpc) is 2.78. The maximum atomic E-state index is 12.8. The Hall–Kier alpha value is -2.36. The summed E-state index contributed by atoms with van der Waals surface area (Å²) in [6, 6.07) is 3.04. The Morgan fingerprint density at radius 2 is 1.88 bits per heavy atom. The molecular formula is C23H35BrN4O5.